The molecule has 1 heterocycles. The molecule has 1 fully saturated rings. The van der Waals surface area contributed by atoms with E-state index in [-0.39, 0.29) is 6.10 Å². The zero-order valence-corrected chi connectivity index (χ0v) is 9.82. The topological polar surface area (TPSA) is 38.1 Å². The maximum absolute atomic E-state index is 9.54. The summed E-state index contributed by atoms with van der Waals surface area (Å²) in [6, 6.07) is 10.1. The molecule has 1 aromatic heterocycles. The third-order valence-corrected chi connectivity index (χ3v) is 3.79. The first-order chi connectivity index (χ1) is 8.25. The van der Waals surface area contributed by atoms with Gasteiger partial charge in [0.1, 0.15) is 0 Å². The molecule has 3 atom stereocenters. The van der Waals surface area contributed by atoms with Crippen LogP contribution in [-0.4, -0.2) is 21.0 Å². The van der Waals surface area contributed by atoms with Gasteiger partial charge in [-0.3, -0.25) is 0 Å². The predicted octanol–water partition coefficient (Wildman–Crippen LogP) is 2.36. The first-order valence-corrected chi connectivity index (χ1v) is 6.04. The molecule has 17 heavy (non-hydrogen) atoms. The number of para-hydroxylation sites is 1. The molecule has 88 valence electrons. The van der Waals surface area contributed by atoms with Gasteiger partial charge in [-0.2, -0.15) is 5.10 Å². The molecule has 1 aromatic carbocycles. The van der Waals surface area contributed by atoms with Gasteiger partial charge >= 0.3 is 0 Å². The van der Waals surface area contributed by atoms with Gasteiger partial charge in [0, 0.05) is 6.20 Å². The van der Waals surface area contributed by atoms with E-state index in [2.05, 4.69) is 18.2 Å². The van der Waals surface area contributed by atoms with Crippen LogP contribution in [0.5, 0.6) is 0 Å². The molecule has 1 N–H and O–H groups in total. The van der Waals surface area contributed by atoms with Gasteiger partial charge in [-0.25, -0.2) is 4.68 Å². The maximum Gasteiger partial charge on any atom is 0.0645 e. The Morgan fingerprint density at radius 1 is 1.29 bits per heavy atom. The van der Waals surface area contributed by atoms with Crippen molar-refractivity contribution in [2.75, 3.05) is 0 Å². The number of hydrogen-bond donors (Lipinski definition) is 1. The highest BCUT2D eigenvalue weighted by Gasteiger charge is 2.37. The van der Waals surface area contributed by atoms with Gasteiger partial charge in [0.15, 0.2) is 0 Å². The summed E-state index contributed by atoms with van der Waals surface area (Å²) in [4.78, 5) is 0. The second-order valence-electron chi connectivity index (χ2n) is 4.82. The van der Waals surface area contributed by atoms with Gasteiger partial charge in [0.25, 0.3) is 0 Å². The lowest BCUT2D eigenvalue weighted by Crippen LogP contribution is -2.37. The average molecular weight is 228 g/mol. The lowest BCUT2D eigenvalue weighted by Gasteiger charge is -2.38. The van der Waals surface area contributed by atoms with Crippen molar-refractivity contribution in [1.29, 1.82) is 0 Å². The van der Waals surface area contributed by atoms with E-state index in [0.717, 1.165) is 12.1 Å². The fraction of sp³-hybridized carbons (Fsp3) is 0.357. The van der Waals surface area contributed by atoms with E-state index in [4.69, 9.17) is 0 Å². The zero-order chi connectivity index (χ0) is 11.8. The van der Waals surface area contributed by atoms with Crippen molar-refractivity contribution in [3.8, 4) is 5.69 Å². The summed E-state index contributed by atoms with van der Waals surface area (Å²) in [7, 11) is 0. The van der Waals surface area contributed by atoms with Crippen LogP contribution in [0.4, 0.5) is 0 Å². The Labute approximate surface area is 101 Å². The molecule has 2 aromatic rings. The van der Waals surface area contributed by atoms with Crippen molar-refractivity contribution >= 4 is 0 Å². The van der Waals surface area contributed by atoms with Crippen LogP contribution >= 0.6 is 0 Å². The van der Waals surface area contributed by atoms with Gasteiger partial charge in [-0.1, -0.05) is 25.1 Å². The number of benzene rings is 1. The first-order valence-electron chi connectivity index (χ1n) is 6.04. The monoisotopic (exact) mass is 228 g/mol. The van der Waals surface area contributed by atoms with Gasteiger partial charge < -0.3 is 5.11 Å². The third kappa shape index (κ3) is 1.76. The van der Waals surface area contributed by atoms with Crippen LogP contribution in [-0.2, 0) is 0 Å². The van der Waals surface area contributed by atoms with Crippen LogP contribution in [0.1, 0.15) is 24.8 Å². The highest BCUT2D eigenvalue weighted by molar-refractivity contribution is 5.32. The molecule has 3 heteroatoms. The second-order valence-corrected chi connectivity index (χ2v) is 4.82. The average Bonchev–Trinajstić information content (AvgIpc) is 2.85. The highest BCUT2D eigenvalue weighted by Crippen LogP contribution is 2.42. The Hall–Kier alpha value is -1.61. The lowest BCUT2D eigenvalue weighted by atomic mass is 9.69. The minimum atomic E-state index is -0.139. The molecule has 0 bridgehead atoms. The number of aliphatic hydroxyl groups is 1. The minimum Gasteiger partial charge on any atom is -0.393 e. The van der Waals surface area contributed by atoms with Crippen molar-refractivity contribution in [2.45, 2.75) is 25.4 Å². The fourth-order valence-corrected chi connectivity index (χ4v) is 2.45. The fourth-order valence-electron chi connectivity index (χ4n) is 2.45. The van der Waals surface area contributed by atoms with Crippen molar-refractivity contribution < 1.29 is 5.11 Å². The third-order valence-electron chi connectivity index (χ3n) is 3.79. The SMILES string of the molecule is CC1C(O)CC1c1cnn(-c2ccccc2)c1. The first kappa shape index (κ1) is 10.5. The molecule has 0 saturated heterocycles. The second kappa shape index (κ2) is 4.00. The molecular weight excluding hydrogens is 212 g/mol. The minimum absolute atomic E-state index is 0.139. The van der Waals surface area contributed by atoms with Crippen molar-refractivity contribution in [2.24, 2.45) is 5.92 Å². The zero-order valence-electron chi connectivity index (χ0n) is 9.82. The van der Waals surface area contributed by atoms with Crippen molar-refractivity contribution in [3.05, 3.63) is 48.3 Å². The summed E-state index contributed by atoms with van der Waals surface area (Å²) >= 11 is 0. The summed E-state index contributed by atoms with van der Waals surface area (Å²) in [6.07, 6.45) is 4.71. The molecule has 3 rings (SSSR count). The summed E-state index contributed by atoms with van der Waals surface area (Å²) in [6.45, 7) is 2.10. The molecule has 0 spiro atoms. The van der Waals surface area contributed by atoms with Crippen molar-refractivity contribution in [1.82, 2.24) is 9.78 Å². The van der Waals surface area contributed by atoms with Gasteiger partial charge in [0.05, 0.1) is 18.0 Å². The van der Waals surface area contributed by atoms with Crippen LogP contribution in [0.25, 0.3) is 5.69 Å². The Morgan fingerprint density at radius 2 is 2.06 bits per heavy atom. The van der Waals surface area contributed by atoms with Crippen LogP contribution in [0.2, 0.25) is 0 Å². The summed E-state index contributed by atoms with van der Waals surface area (Å²) in [5, 5.41) is 13.9. The smallest absolute Gasteiger partial charge is 0.0645 e. The molecule has 0 radical (unpaired) electrons. The van der Waals surface area contributed by atoms with Crippen LogP contribution < -0.4 is 0 Å². The Kier molecular flexibility index (Phi) is 2.48. The molecule has 3 nitrogen and oxygen atoms in total. The van der Waals surface area contributed by atoms with E-state index >= 15 is 0 Å². The van der Waals surface area contributed by atoms with Crippen molar-refractivity contribution in [3.63, 3.8) is 0 Å². The Bertz CT molecular complexity index is 506. The quantitative estimate of drug-likeness (QED) is 0.856. The van der Waals surface area contributed by atoms with E-state index in [1.54, 1.807) is 0 Å². The van der Waals surface area contributed by atoms with E-state index in [1.807, 2.05) is 41.2 Å². The van der Waals surface area contributed by atoms with Crippen LogP contribution in [0.15, 0.2) is 42.7 Å². The summed E-state index contributed by atoms with van der Waals surface area (Å²) < 4.78 is 1.90. The van der Waals surface area contributed by atoms with Gasteiger partial charge in [-0.15, -0.1) is 0 Å². The number of rotatable bonds is 2. The van der Waals surface area contributed by atoms with E-state index in [0.29, 0.717) is 11.8 Å². The molecule has 1 aliphatic rings. The number of aliphatic hydroxyl groups excluding tert-OH is 1. The molecule has 1 saturated carbocycles. The summed E-state index contributed by atoms with van der Waals surface area (Å²) in [5.74, 6) is 0.811. The molecular formula is C14H16N2O. The van der Waals surface area contributed by atoms with Crippen LogP contribution in [0, 0.1) is 5.92 Å². The largest absolute Gasteiger partial charge is 0.393 e. The highest BCUT2D eigenvalue weighted by atomic mass is 16.3. The Balaban J connectivity index is 1.84. The lowest BCUT2D eigenvalue weighted by molar-refractivity contribution is 0.0117. The van der Waals surface area contributed by atoms with E-state index in [9.17, 15) is 5.11 Å². The van der Waals surface area contributed by atoms with Crippen LogP contribution in [0.3, 0.4) is 0 Å². The van der Waals surface area contributed by atoms with Gasteiger partial charge in [-0.05, 0) is 36.0 Å². The standard InChI is InChI=1S/C14H16N2O/c1-10-13(7-14(10)17)11-8-15-16(9-11)12-5-3-2-4-6-12/h2-6,8-10,13-14,17H,7H2,1H3. The normalized spacial score (nSPS) is 27.8. The molecule has 0 amide bonds. The number of hydrogen-bond acceptors (Lipinski definition) is 2. The molecule has 0 aliphatic heterocycles. The number of nitrogens with zero attached hydrogens (tertiary/aromatic N) is 2. The van der Waals surface area contributed by atoms with E-state index < -0.39 is 0 Å². The molecule has 3 unspecified atom stereocenters. The predicted molar refractivity (Wildman–Crippen MR) is 66.1 cm³/mol. The van der Waals surface area contributed by atoms with Gasteiger partial charge in [0.2, 0.25) is 0 Å². The summed E-state index contributed by atoms with van der Waals surface area (Å²) in [5.41, 5.74) is 2.30. The maximum atomic E-state index is 9.54. The van der Waals surface area contributed by atoms with E-state index in [1.165, 1.54) is 5.56 Å². The Morgan fingerprint density at radius 3 is 2.71 bits per heavy atom. The number of aromatic nitrogens is 2. The molecule has 1 aliphatic carbocycles.